The molecule has 0 saturated carbocycles. The Bertz CT molecular complexity index is 523. The van der Waals surface area contributed by atoms with Gasteiger partial charge in [-0.3, -0.25) is 0 Å². The van der Waals surface area contributed by atoms with Crippen molar-refractivity contribution >= 4 is 0 Å². The van der Waals surface area contributed by atoms with Gasteiger partial charge < -0.3 is 14.8 Å². The fraction of sp³-hybridized carbons (Fsp3) is 0.294. The zero-order valence-corrected chi connectivity index (χ0v) is 12.1. The number of ether oxygens (including phenoxy) is 2. The summed E-state index contributed by atoms with van der Waals surface area (Å²) in [4.78, 5) is 0. The molecule has 0 spiro atoms. The van der Waals surface area contributed by atoms with Gasteiger partial charge in [0.1, 0.15) is 17.2 Å². The molecule has 20 heavy (non-hydrogen) atoms. The van der Waals surface area contributed by atoms with Crippen molar-refractivity contribution < 1.29 is 9.47 Å². The Hall–Kier alpha value is -2.00. The van der Waals surface area contributed by atoms with E-state index in [0.717, 1.165) is 36.8 Å². The van der Waals surface area contributed by atoms with Crippen LogP contribution in [0.4, 0.5) is 0 Å². The fourth-order valence-corrected chi connectivity index (χ4v) is 1.88. The molecule has 0 aliphatic rings. The lowest BCUT2D eigenvalue weighted by molar-refractivity contribution is 0.317. The molecule has 2 aromatic carbocycles. The third-order valence-electron chi connectivity index (χ3n) is 2.81. The minimum atomic E-state index is 0.742. The molecule has 0 fully saturated rings. The van der Waals surface area contributed by atoms with Gasteiger partial charge in [-0.1, -0.05) is 19.1 Å². The molecule has 0 aliphatic heterocycles. The smallest absolute Gasteiger partial charge is 0.127 e. The van der Waals surface area contributed by atoms with E-state index in [-0.39, 0.29) is 0 Å². The Morgan fingerprint density at radius 1 is 0.950 bits per heavy atom. The third kappa shape index (κ3) is 4.28. The molecule has 0 radical (unpaired) electrons. The van der Waals surface area contributed by atoms with Gasteiger partial charge >= 0.3 is 0 Å². The van der Waals surface area contributed by atoms with E-state index in [0.29, 0.717) is 0 Å². The van der Waals surface area contributed by atoms with E-state index in [9.17, 15) is 0 Å². The molecule has 0 aliphatic carbocycles. The van der Waals surface area contributed by atoms with Gasteiger partial charge in [0.15, 0.2) is 0 Å². The number of rotatable bonds is 7. The van der Waals surface area contributed by atoms with Crippen LogP contribution in [0.1, 0.15) is 18.9 Å². The van der Waals surface area contributed by atoms with E-state index in [1.165, 1.54) is 5.56 Å². The molecule has 2 rings (SSSR count). The minimum absolute atomic E-state index is 0.742. The highest BCUT2D eigenvalue weighted by atomic mass is 16.5. The molecule has 0 amide bonds. The van der Waals surface area contributed by atoms with E-state index in [1.807, 2.05) is 49.5 Å². The van der Waals surface area contributed by atoms with Gasteiger partial charge in [-0.05, 0) is 55.4 Å². The standard InChI is InChI=1S/C17H21NO2/c1-3-11-19-15-7-9-16(10-8-15)20-17-6-4-5-14(12-17)13-18-2/h4-10,12,18H,3,11,13H2,1-2H3. The Labute approximate surface area is 120 Å². The first-order valence-electron chi connectivity index (χ1n) is 6.96. The van der Waals surface area contributed by atoms with Gasteiger partial charge in [-0.15, -0.1) is 0 Å². The van der Waals surface area contributed by atoms with Crippen molar-refractivity contribution in [3.05, 3.63) is 54.1 Å². The monoisotopic (exact) mass is 271 g/mol. The van der Waals surface area contributed by atoms with Crippen molar-refractivity contribution in [3.63, 3.8) is 0 Å². The number of hydrogen-bond donors (Lipinski definition) is 1. The van der Waals surface area contributed by atoms with E-state index in [2.05, 4.69) is 18.3 Å². The van der Waals surface area contributed by atoms with Crippen LogP contribution in [0.25, 0.3) is 0 Å². The Morgan fingerprint density at radius 2 is 1.70 bits per heavy atom. The highest BCUT2D eigenvalue weighted by molar-refractivity contribution is 5.36. The summed E-state index contributed by atoms with van der Waals surface area (Å²) < 4.78 is 11.4. The van der Waals surface area contributed by atoms with Crippen molar-refractivity contribution in [1.29, 1.82) is 0 Å². The maximum atomic E-state index is 5.84. The van der Waals surface area contributed by atoms with Gasteiger partial charge in [-0.2, -0.15) is 0 Å². The highest BCUT2D eigenvalue weighted by Crippen LogP contribution is 2.24. The largest absolute Gasteiger partial charge is 0.494 e. The van der Waals surface area contributed by atoms with Crippen LogP contribution in [-0.2, 0) is 6.54 Å². The Kier molecular flexibility index (Phi) is 5.44. The van der Waals surface area contributed by atoms with Gasteiger partial charge in [0, 0.05) is 6.54 Å². The summed E-state index contributed by atoms with van der Waals surface area (Å²) in [5, 5.41) is 3.13. The van der Waals surface area contributed by atoms with Crippen molar-refractivity contribution in [2.45, 2.75) is 19.9 Å². The topological polar surface area (TPSA) is 30.5 Å². The third-order valence-corrected chi connectivity index (χ3v) is 2.81. The zero-order chi connectivity index (χ0) is 14.2. The molecule has 0 saturated heterocycles. The molecule has 3 nitrogen and oxygen atoms in total. The average molecular weight is 271 g/mol. The first-order chi connectivity index (χ1) is 9.81. The molecule has 0 heterocycles. The fourth-order valence-electron chi connectivity index (χ4n) is 1.88. The van der Waals surface area contributed by atoms with Crippen molar-refractivity contribution in [3.8, 4) is 17.2 Å². The summed E-state index contributed by atoms with van der Waals surface area (Å²) in [5.41, 5.74) is 1.20. The lowest BCUT2D eigenvalue weighted by atomic mass is 10.2. The van der Waals surface area contributed by atoms with E-state index in [4.69, 9.17) is 9.47 Å². The summed E-state index contributed by atoms with van der Waals surface area (Å²) in [6, 6.07) is 15.8. The molecule has 106 valence electrons. The summed E-state index contributed by atoms with van der Waals surface area (Å²) >= 11 is 0. The lowest BCUT2D eigenvalue weighted by Gasteiger charge is -2.09. The van der Waals surface area contributed by atoms with Gasteiger partial charge in [0.2, 0.25) is 0 Å². The molecule has 3 heteroatoms. The van der Waals surface area contributed by atoms with Crippen LogP contribution >= 0.6 is 0 Å². The van der Waals surface area contributed by atoms with Crippen LogP contribution in [0, 0.1) is 0 Å². The quantitative estimate of drug-likeness (QED) is 0.826. The Morgan fingerprint density at radius 3 is 2.40 bits per heavy atom. The summed E-state index contributed by atoms with van der Waals surface area (Å²) in [6.07, 6.45) is 1.01. The predicted molar refractivity (Wildman–Crippen MR) is 81.5 cm³/mol. The first-order valence-corrected chi connectivity index (χ1v) is 6.96. The number of nitrogens with one attached hydrogen (secondary N) is 1. The van der Waals surface area contributed by atoms with Gasteiger partial charge in [0.25, 0.3) is 0 Å². The SMILES string of the molecule is CCCOc1ccc(Oc2cccc(CNC)c2)cc1. The normalized spacial score (nSPS) is 10.3. The van der Waals surface area contributed by atoms with Crippen LogP contribution in [0.15, 0.2) is 48.5 Å². The van der Waals surface area contributed by atoms with E-state index < -0.39 is 0 Å². The van der Waals surface area contributed by atoms with Crippen LogP contribution in [0.5, 0.6) is 17.2 Å². The second-order valence-corrected chi connectivity index (χ2v) is 4.60. The maximum Gasteiger partial charge on any atom is 0.127 e. The number of benzene rings is 2. The molecule has 0 bridgehead atoms. The number of hydrogen-bond acceptors (Lipinski definition) is 3. The molecule has 1 N–H and O–H groups in total. The molecular formula is C17H21NO2. The second kappa shape index (κ2) is 7.56. The Balaban J connectivity index is 2.00. The highest BCUT2D eigenvalue weighted by Gasteiger charge is 2.00. The molecule has 0 atom stereocenters. The molecule has 0 aromatic heterocycles. The maximum absolute atomic E-state index is 5.84. The average Bonchev–Trinajstić information content (AvgIpc) is 2.47. The van der Waals surface area contributed by atoms with Crippen LogP contribution in [0.3, 0.4) is 0 Å². The van der Waals surface area contributed by atoms with E-state index in [1.54, 1.807) is 0 Å². The van der Waals surface area contributed by atoms with Crippen LogP contribution < -0.4 is 14.8 Å². The first kappa shape index (κ1) is 14.4. The molecule has 0 unspecified atom stereocenters. The van der Waals surface area contributed by atoms with Crippen molar-refractivity contribution in [1.82, 2.24) is 5.32 Å². The van der Waals surface area contributed by atoms with E-state index >= 15 is 0 Å². The van der Waals surface area contributed by atoms with Crippen molar-refractivity contribution in [2.24, 2.45) is 0 Å². The summed E-state index contributed by atoms with van der Waals surface area (Å²) in [6.45, 7) is 3.67. The second-order valence-electron chi connectivity index (χ2n) is 4.60. The predicted octanol–water partition coefficient (Wildman–Crippen LogP) is 3.99. The van der Waals surface area contributed by atoms with Gasteiger partial charge in [0.05, 0.1) is 6.61 Å². The summed E-state index contributed by atoms with van der Waals surface area (Å²) in [7, 11) is 1.93. The molecular weight excluding hydrogens is 250 g/mol. The van der Waals surface area contributed by atoms with Gasteiger partial charge in [-0.25, -0.2) is 0 Å². The zero-order valence-electron chi connectivity index (χ0n) is 12.1. The summed E-state index contributed by atoms with van der Waals surface area (Å²) in [5.74, 6) is 2.54. The van der Waals surface area contributed by atoms with Crippen LogP contribution in [0.2, 0.25) is 0 Å². The lowest BCUT2D eigenvalue weighted by Crippen LogP contribution is -2.04. The minimum Gasteiger partial charge on any atom is -0.494 e. The van der Waals surface area contributed by atoms with Crippen LogP contribution in [-0.4, -0.2) is 13.7 Å². The van der Waals surface area contributed by atoms with Crippen molar-refractivity contribution in [2.75, 3.05) is 13.7 Å². The molecule has 2 aromatic rings.